The summed E-state index contributed by atoms with van der Waals surface area (Å²) < 4.78 is 11.3. The van der Waals surface area contributed by atoms with Gasteiger partial charge in [-0.15, -0.1) is 0 Å². The van der Waals surface area contributed by atoms with E-state index in [1.54, 1.807) is 0 Å². The van der Waals surface area contributed by atoms with Crippen LogP contribution in [0.2, 0.25) is 0 Å². The Balaban J connectivity index is 1.03. The zero-order valence-corrected chi connectivity index (χ0v) is 28.8. The van der Waals surface area contributed by atoms with E-state index in [1.807, 2.05) is 0 Å². The lowest BCUT2D eigenvalue weighted by Gasteiger charge is -2.13. The summed E-state index contributed by atoms with van der Waals surface area (Å²) in [6.45, 7) is 2.24. The molecule has 3 heteroatoms. The molecule has 1 aliphatic carbocycles. The molecule has 1 atom stereocenters. The summed E-state index contributed by atoms with van der Waals surface area (Å²) >= 11 is 0. The van der Waals surface area contributed by atoms with E-state index in [-0.39, 0.29) is 0 Å². The third-order valence-electron chi connectivity index (χ3n) is 11.1. The van der Waals surface area contributed by atoms with Crippen LogP contribution in [0.15, 0.2) is 168 Å². The first-order valence-corrected chi connectivity index (χ1v) is 18.2. The Hall–Kier alpha value is -6.58. The molecule has 1 aliphatic rings. The first kappa shape index (κ1) is 29.2. The van der Waals surface area contributed by atoms with Gasteiger partial charge < -0.3 is 13.6 Å². The smallest absolute Gasteiger partial charge is 0.142 e. The second-order valence-corrected chi connectivity index (χ2v) is 14.2. The van der Waals surface area contributed by atoms with Gasteiger partial charge in [0.1, 0.15) is 11.3 Å². The van der Waals surface area contributed by atoms with E-state index in [9.17, 15) is 0 Å². The molecule has 0 radical (unpaired) electrons. The van der Waals surface area contributed by atoms with Gasteiger partial charge in [-0.05, 0) is 65.1 Å². The third kappa shape index (κ3) is 4.32. The lowest BCUT2D eigenvalue weighted by Crippen LogP contribution is -2.00. The lowest BCUT2D eigenvalue weighted by atomic mass is 9.94. The normalized spacial score (nSPS) is 14.3. The van der Waals surface area contributed by atoms with Gasteiger partial charge in [0.05, 0.1) is 22.1 Å². The highest BCUT2D eigenvalue weighted by atomic mass is 16.3. The predicted octanol–water partition coefficient (Wildman–Crippen LogP) is 13.2. The number of rotatable bonds is 4. The first-order valence-electron chi connectivity index (χ1n) is 18.2. The molecule has 11 rings (SSSR count). The minimum Gasteiger partial charge on any atom is -0.460 e. The SMILES string of the molecule is CC1C=Cc2c(oc3c(-c4ccc(-c5cccc(-n6c7ccccc7c7ccc(-n8c9ccccc9c9ccccc98)cc76)c5)cc4)cccc23)C1. The molecule has 0 spiro atoms. The maximum Gasteiger partial charge on any atom is 0.142 e. The molecule has 0 N–H and O–H groups in total. The number of aromatic nitrogens is 2. The number of furan rings is 1. The van der Waals surface area contributed by atoms with Crippen LogP contribution in [0.4, 0.5) is 0 Å². The molecular formula is C49H34N2O. The fraction of sp³-hybridized carbons (Fsp3) is 0.0612. The third-order valence-corrected chi connectivity index (χ3v) is 11.1. The van der Waals surface area contributed by atoms with Gasteiger partial charge in [0.2, 0.25) is 0 Å². The highest BCUT2D eigenvalue weighted by molar-refractivity contribution is 6.12. The van der Waals surface area contributed by atoms with E-state index >= 15 is 0 Å². The molecule has 0 aliphatic heterocycles. The van der Waals surface area contributed by atoms with Crippen LogP contribution in [0.25, 0.3) is 94.3 Å². The maximum atomic E-state index is 6.51. The zero-order chi connectivity index (χ0) is 34.3. The molecular weight excluding hydrogens is 633 g/mol. The summed E-state index contributed by atoms with van der Waals surface area (Å²) in [5, 5.41) is 6.22. The number of hydrogen-bond acceptors (Lipinski definition) is 1. The Morgan fingerprint density at radius 2 is 1.06 bits per heavy atom. The van der Waals surface area contributed by atoms with Crippen LogP contribution in [0.3, 0.4) is 0 Å². The Bertz CT molecular complexity index is 3000. The van der Waals surface area contributed by atoms with E-state index in [4.69, 9.17) is 4.42 Å². The van der Waals surface area contributed by atoms with Crippen molar-refractivity contribution in [1.82, 2.24) is 9.13 Å². The number of hydrogen-bond donors (Lipinski definition) is 0. The highest BCUT2D eigenvalue weighted by Gasteiger charge is 2.20. The Morgan fingerprint density at radius 3 is 1.77 bits per heavy atom. The fourth-order valence-electron chi connectivity index (χ4n) is 8.61. The van der Waals surface area contributed by atoms with Crippen molar-refractivity contribution < 1.29 is 4.42 Å². The predicted molar refractivity (Wildman–Crippen MR) is 218 cm³/mol. The monoisotopic (exact) mass is 666 g/mol. The number of para-hydroxylation sites is 4. The van der Waals surface area contributed by atoms with Gasteiger partial charge in [-0.1, -0.05) is 134 Å². The van der Waals surface area contributed by atoms with Crippen LogP contribution in [0.5, 0.6) is 0 Å². The van der Waals surface area contributed by atoms with Crippen molar-refractivity contribution in [2.45, 2.75) is 13.3 Å². The Labute approximate surface area is 301 Å². The van der Waals surface area contributed by atoms with Gasteiger partial charge in [0.15, 0.2) is 0 Å². The Kier molecular flexibility index (Phi) is 6.29. The van der Waals surface area contributed by atoms with Crippen LogP contribution in [0, 0.1) is 5.92 Å². The number of fused-ring (bicyclic) bond motifs is 9. The van der Waals surface area contributed by atoms with Crippen LogP contribution in [0.1, 0.15) is 18.2 Å². The van der Waals surface area contributed by atoms with Gasteiger partial charge in [-0.25, -0.2) is 0 Å². The second-order valence-electron chi connectivity index (χ2n) is 14.2. The summed E-state index contributed by atoms with van der Waals surface area (Å²) in [6.07, 6.45) is 5.47. The number of benzene rings is 7. The van der Waals surface area contributed by atoms with E-state index in [0.29, 0.717) is 5.92 Å². The highest BCUT2D eigenvalue weighted by Crippen LogP contribution is 2.40. The van der Waals surface area contributed by atoms with Crippen LogP contribution in [-0.4, -0.2) is 9.13 Å². The van der Waals surface area contributed by atoms with Gasteiger partial charge >= 0.3 is 0 Å². The number of allylic oxidation sites excluding steroid dienone is 1. The van der Waals surface area contributed by atoms with E-state index in [2.05, 4.69) is 186 Å². The number of nitrogens with zero attached hydrogens (tertiary/aromatic N) is 2. The van der Waals surface area contributed by atoms with Crippen LogP contribution in [-0.2, 0) is 6.42 Å². The molecule has 0 amide bonds. The summed E-state index contributed by atoms with van der Waals surface area (Å²) in [7, 11) is 0. The molecule has 3 aromatic heterocycles. The zero-order valence-electron chi connectivity index (χ0n) is 28.8. The van der Waals surface area contributed by atoms with Crippen molar-refractivity contribution in [3.8, 4) is 33.6 Å². The molecule has 52 heavy (non-hydrogen) atoms. The van der Waals surface area contributed by atoms with Crippen molar-refractivity contribution in [1.29, 1.82) is 0 Å². The molecule has 3 nitrogen and oxygen atoms in total. The fourth-order valence-corrected chi connectivity index (χ4v) is 8.61. The quantitative estimate of drug-likeness (QED) is 0.183. The largest absolute Gasteiger partial charge is 0.460 e. The Morgan fingerprint density at radius 1 is 0.481 bits per heavy atom. The molecule has 246 valence electrons. The molecule has 0 saturated heterocycles. The van der Waals surface area contributed by atoms with Crippen molar-refractivity contribution >= 4 is 60.7 Å². The second kappa shape index (κ2) is 11.2. The summed E-state index contributed by atoms with van der Waals surface area (Å²) in [4.78, 5) is 0. The molecule has 10 aromatic rings. The molecule has 0 fully saturated rings. The van der Waals surface area contributed by atoms with Gasteiger partial charge in [0, 0.05) is 55.9 Å². The summed E-state index contributed by atoms with van der Waals surface area (Å²) in [6, 6.07) is 57.5. The van der Waals surface area contributed by atoms with Crippen LogP contribution < -0.4 is 0 Å². The van der Waals surface area contributed by atoms with Crippen LogP contribution >= 0.6 is 0 Å². The topological polar surface area (TPSA) is 23.0 Å². The lowest BCUT2D eigenvalue weighted by molar-refractivity contribution is 0.514. The van der Waals surface area contributed by atoms with E-state index in [1.165, 1.54) is 65.7 Å². The van der Waals surface area contributed by atoms with Gasteiger partial charge in [-0.2, -0.15) is 0 Å². The summed E-state index contributed by atoms with van der Waals surface area (Å²) in [5.41, 5.74) is 14.0. The molecule has 7 aromatic carbocycles. The average Bonchev–Trinajstić information content (AvgIpc) is 3.85. The maximum absolute atomic E-state index is 6.51. The average molecular weight is 667 g/mol. The van der Waals surface area contributed by atoms with Crippen molar-refractivity contribution in [3.63, 3.8) is 0 Å². The minimum absolute atomic E-state index is 0.496. The molecule has 3 heterocycles. The van der Waals surface area contributed by atoms with E-state index < -0.39 is 0 Å². The van der Waals surface area contributed by atoms with Gasteiger partial charge in [-0.3, -0.25) is 0 Å². The molecule has 1 unspecified atom stereocenters. The first-order chi connectivity index (χ1) is 25.7. The summed E-state index contributed by atoms with van der Waals surface area (Å²) in [5.74, 6) is 1.59. The van der Waals surface area contributed by atoms with Crippen molar-refractivity contribution in [2.24, 2.45) is 5.92 Å². The standard InChI is InChI=1S/C49H34N2O/c1-31-20-26-42-43-16-9-15-37(49(43)52-48(42)28-31)33-23-21-32(22-24-33)34-10-8-11-35(29-34)51-46-19-7-4-14-40(46)41-27-25-36(30-47(41)51)50-44-17-5-2-12-38(44)39-13-3-6-18-45(39)50/h2-27,29-31H,28H2,1H3. The van der Waals surface area contributed by atoms with Crippen molar-refractivity contribution in [2.75, 3.05) is 0 Å². The molecule has 0 bridgehead atoms. The molecule has 0 saturated carbocycles. The minimum atomic E-state index is 0.496. The van der Waals surface area contributed by atoms with Crippen molar-refractivity contribution in [3.05, 3.63) is 175 Å². The van der Waals surface area contributed by atoms with Gasteiger partial charge in [0.25, 0.3) is 0 Å². The van der Waals surface area contributed by atoms with E-state index in [0.717, 1.165) is 40.3 Å².